The number of carbonyl (C=O) groups excluding carboxylic acids is 1. The Morgan fingerprint density at radius 2 is 1.84 bits per heavy atom. The van der Waals surface area contributed by atoms with Crippen molar-refractivity contribution < 1.29 is 17.9 Å². The minimum absolute atomic E-state index is 0.0208. The maximum Gasteiger partial charge on any atom is 0.260 e. The molecule has 3 rings (SSSR count). The molecule has 0 spiro atoms. The topological polar surface area (TPSA) is 79.8 Å². The summed E-state index contributed by atoms with van der Waals surface area (Å²) in [7, 11) is 0.455. The number of hydrogen-bond acceptors (Lipinski definition) is 7. The Hall–Kier alpha value is -2.49. The third-order valence-electron chi connectivity index (χ3n) is 4.74. The third kappa shape index (κ3) is 5.23. The molecule has 7 nitrogen and oxygen atoms in total. The van der Waals surface area contributed by atoms with Crippen molar-refractivity contribution in [2.45, 2.75) is 18.7 Å². The van der Waals surface area contributed by atoms with Crippen LogP contribution in [0.15, 0.2) is 47.4 Å². The average molecular weight is 462 g/mol. The summed E-state index contributed by atoms with van der Waals surface area (Å²) < 4.78 is 31.2. The van der Waals surface area contributed by atoms with Crippen molar-refractivity contribution in [1.29, 1.82) is 0 Å². The minimum Gasteiger partial charge on any atom is -0.492 e. The number of anilines is 1. The van der Waals surface area contributed by atoms with Gasteiger partial charge in [0.1, 0.15) is 11.3 Å². The molecule has 2 aromatic carbocycles. The van der Waals surface area contributed by atoms with Gasteiger partial charge in [-0.25, -0.2) is 13.4 Å². The van der Waals surface area contributed by atoms with E-state index in [0.717, 1.165) is 4.70 Å². The number of sulfone groups is 1. The molecular weight excluding hydrogens is 434 g/mol. The van der Waals surface area contributed by atoms with Crippen molar-refractivity contribution in [2.24, 2.45) is 0 Å². The molecule has 0 N–H and O–H groups in total. The van der Waals surface area contributed by atoms with E-state index in [1.54, 1.807) is 24.0 Å². The van der Waals surface area contributed by atoms with Crippen LogP contribution in [0.1, 0.15) is 24.2 Å². The van der Waals surface area contributed by atoms with E-state index in [-0.39, 0.29) is 16.6 Å². The van der Waals surface area contributed by atoms with Crippen molar-refractivity contribution in [3.63, 3.8) is 0 Å². The number of likely N-dealkylation sites (N-methyl/N-ethyl adjacent to an activating group) is 1. The largest absolute Gasteiger partial charge is 0.492 e. The number of hydrogen-bond donors (Lipinski definition) is 0. The molecule has 0 radical (unpaired) electrons. The lowest BCUT2D eigenvalue weighted by molar-refractivity contribution is 0.0985. The van der Waals surface area contributed by atoms with Gasteiger partial charge in [0.05, 0.1) is 22.0 Å². The summed E-state index contributed by atoms with van der Waals surface area (Å²) in [5.74, 6) is 0.373. The molecule has 9 heteroatoms. The number of thiazole rings is 1. The molecule has 0 aliphatic heterocycles. The summed E-state index contributed by atoms with van der Waals surface area (Å²) in [6.07, 6.45) is 0. The van der Waals surface area contributed by atoms with Gasteiger partial charge in [-0.3, -0.25) is 9.69 Å². The summed E-state index contributed by atoms with van der Waals surface area (Å²) in [6, 6.07) is 11.9. The molecule has 0 atom stereocenters. The maximum absolute atomic E-state index is 13.5. The second-order valence-corrected chi connectivity index (χ2v) is 10.5. The highest BCUT2D eigenvalue weighted by molar-refractivity contribution is 7.91. The van der Waals surface area contributed by atoms with Crippen LogP contribution in [0.2, 0.25) is 0 Å². The van der Waals surface area contributed by atoms with Crippen molar-refractivity contribution in [3.05, 3.63) is 48.0 Å². The Morgan fingerprint density at radius 3 is 2.52 bits per heavy atom. The van der Waals surface area contributed by atoms with Crippen molar-refractivity contribution >= 4 is 42.4 Å². The van der Waals surface area contributed by atoms with Crippen molar-refractivity contribution in [2.75, 3.05) is 44.4 Å². The predicted octanol–water partition coefficient (Wildman–Crippen LogP) is 3.70. The van der Waals surface area contributed by atoms with Gasteiger partial charge in [0.25, 0.3) is 5.91 Å². The highest BCUT2D eigenvalue weighted by Crippen LogP contribution is 2.34. The SMILES string of the molecule is CCOc1cccc2sc(N(CCN(C)C)C(=O)c3cccc(S(=O)(=O)CC)c3)nc12. The Morgan fingerprint density at radius 1 is 1.10 bits per heavy atom. The van der Waals surface area contributed by atoms with E-state index < -0.39 is 9.84 Å². The van der Waals surface area contributed by atoms with Gasteiger partial charge in [-0.2, -0.15) is 0 Å². The number of para-hydroxylation sites is 1. The second kappa shape index (κ2) is 9.76. The fourth-order valence-corrected chi connectivity index (χ4v) is 4.96. The molecule has 0 unspecified atom stereocenters. The summed E-state index contributed by atoms with van der Waals surface area (Å²) >= 11 is 1.41. The monoisotopic (exact) mass is 461 g/mol. The van der Waals surface area contributed by atoms with Crippen LogP contribution in [0.4, 0.5) is 5.13 Å². The molecule has 1 heterocycles. The van der Waals surface area contributed by atoms with E-state index >= 15 is 0 Å². The van der Waals surface area contributed by atoms with Gasteiger partial charge in [-0.15, -0.1) is 0 Å². The first kappa shape index (κ1) is 23.2. The molecule has 0 fully saturated rings. The van der Waals surface area contributed by atoms with Gasteiger partial charge in [0.2, 0.25) is 0 Å². The lowest BCUT2D eigenvalue weighted by Crippen LogP contribution is -2.36. The predicted molar refractivity (Wildman–Crippen MR) is 125 cm³/mol. The number of carbonyl (C=O) groups is 1. The lowest BCUT2D eigenvalue weighted by atomic mass is 10.2. The van der Waals surface area contributed by atoms with Gasteiger partial charge in [-0.05, 0) is 51.4 Å². The number of fused-ring (bicyclic) bond motifs is 1. The van der Waals surface area contributed by atoms with Crippen LogP contribution in [-0.4, -0.2) is 63.8 Å². The summed E-state index contributed by atoms with van der Waals surface area (Å²) in [4.78, 5) is 21.9. The van der Waals surface area contributed by atoms with Gasteiger partial charge in [-0.1, -0.05) is 30.4 Å². The second-order valence-electron chi connectivity index (χ2n) is 7.22. The molecule has 3 aromatic rings. The number of aromatic nitrogens is 1. The highest BCUT2D eigenvalue weighted by Gasteiger charge is 2.24. The molecule has 0 saturated carbocycles. The van der Waals surface area contributed by atoms with Crippen LogP contribution in [0, 0.1) is 0 Å². The zero-order valence-corrected chi connectivity index (χ0v) is 19.8. The quantitative estimate of drug-likeness (QED) is 0.483. The zero-order chi connectivity index (χ0) is 22.6. The molecule has 31 heavy (non-hydrogen) atoms. The molecule has 166 valence electrons. The van der Waals surface area contributed by atoms with Gasteiger partial charge >= 0.3 is 0 Å². The molecule has 0 bridgehead atoms. The van der Waals surface area contributed by atoms with Crippen molar-refractivity contribution in [3.8, 4) is 5.75 Å². The Kier molecular flexibility index (Phi) is 7.30. The first-order valence-corrected chi connectivity index (χ1v) is 12.6. The fourth-order valence-electron chi connectivity index (χ4n) is 3.03. The summed E-state index contributed by atoms with van der Waals surface area (Å²) in [5.41, 5.74) is 1.03. The normalized spacial score (nSPS) is 11.8. The summed E-state index contributed by atoms with van der Waals surface area (Å²) in [5, 5.41) is 0.553. The number of amides is 1. The number of ether oxygens (including phenoxy) is 1. The van der Waals surface area contributed by atoms with Crippen LogP contribution in [0.5, 0.6) is 5.75 Å². The molecule has 1 aromatic heterocycles. The molecule has 0 saturated heterocycles. The van der Waals surface area contributed by atoms with Gasteiger partial charge in [0, 0.05) is 18.7 Å². The first-order valence-electron chi connectivity index (χ1n) is 10.1. The van der Waals surface area contributed by atoms with Gasteiger partial charge < -0.3 is 9.64 Å². The fraction of sp³-hybridized carbons (Fsp3) is 0.364. The van der Waals surface area contributed by atoms with E-state index in [1.165, 1.54) is 23.5 Å². The molecular formula is C22H27N3O4S2. The smallest absolute Gasteiger partial charge is 0.260 e. The van der Waals surface area contributed by atoms with Crippen LogP contribution >= 0.6 is 11.3 Å². The van der Waals surface area contributed by atoms with Crippen LogP contribution in [-0.2, 0) is 9.84 Å². The van der Waals surface area contributed by atoms with Crippen molar-refractivity contribution in [1.82, 2.24) is 9.88 Å². The lowest BCUT2D eigenvalue weighted by Gasteiger charge is -2.22. The van der Waals surface area contributed by atoms with E-state index in [1.807, 2.05) is 44.1 Å². The van der Waals surface area contributed by atoms with Gasteiger partial charge in [0.15, 0.2) is 15.0 Å². The van der Waals surface area contributed by atoms with Crippen LogP contribution in [0.25, 0.3) is 10.2 Å². The third-order valence-corrected chi connectivity index (χ3v) is 7.51. The molecule has 0 aliphatic carbocycles. The number of nitrogens with zero attached hydrogens (tertiary/aromatic N) is 3. The first-order chi connectivity index (χ1) is 14.8. The van der Waals surface area contributed by atoms with Crippen LogP contribution < -0.4 is 9.64 Å². The van der Waals surface area contributed by atoms with E-state index in [2.05, 4.69) is 0 Å². The average Bonchev–Trinajstić information content (AvgIpc) is 3.19. The van der Waals surface area contributed by atoms with E-state index in [9.17, 15) is 13.2 Å². The standard InChI is InChI=1S/C22H27N3O4S2/c1-5-29-18-11-8-12-19-20(18)23-22(30-19)25(14-13-24(3)4)21(26)16-9-7-10-17(15-16)31(27,28)6-2/h7-12,15H,5-6,13-14H2,1-4H3. The minimum atomic E-state index is -3.41. The highest BCUT2D eigenvalue weighted by atomic mass is 32.2. The maximum atomic E-state index is 13.5. The van der Waals surface area contributed by atoms with E-state index in [4.69, 9.17) is 9.72 Å². The zero-order valence-electron chi connectivity index (χ0n) is 18.2. The van der Waals surface area contributed by atoms with Crippen LogP contribution in [0.3, 0.4) is 0 Å². The Balaban J connectivity index is 2.04. The Bertz CT molecular complexity index is 1170. The number of rotatable bonds is 9. The summed E-state index contributed by atoms with van der Waals surface area (Å²) in [6.45, 7) is 5.07. The van der Waals surface area contributed by atoms with E-state index in [0.29, 0.717) is 41.7 Å². The Labute approximate surface area is 187 Å². The molecule has 1 amide bonds. The molecule has 0 aliphatic rings. The number of benzene rings is 2.